The zero-order valence-electron chi connectivity index (χ0n) is 7.19. The van der Waals surface area contributed by atoms with Gasteiger partial charge in [0.2, 0.25) is 5.89 Å². The summed E-state index contributed by atoms with van der Waals surface area (Å²) in [6.45, 7) is 2.03. The molecule has 0 saturated heterocycles. The Morgan fingerprint density at radius 1 is 1.69 bits per heavy atom. The molecule has 0 bridgehead atoms. The van der Waals surface area contributed by atoms with E-state index in [-0.39, 0.29) is 12.3 Å². The molecule has 1 N–H and O–H groups in total. The van der Waals surface area contributed by atoms with Crippen molar-refractivity contribution >= 4 is 17.7 Å². The van der Waals surface area contributed by atoms with E-state index in [1.807, 2.05) is 6.92 Å². The number of aliphatic carboxylic acids is 1. The van der Waals surface area contributed by atoms with Crippen molar-refractivity contribution in [3.8, 4) is 0 Å². The van der Waals surface area contributed by atoms with Gasteiger partial charge in [0.25, 0.3) is 0 Å². The first-order chi connectivity index (χ1) is 6.22. The highest BCUT2D eigenvalue weighted by atomic mass is 32.2. The van der Waals surface area contributed by atoms with Gasteiger partial charge in [0.1, 0.15) is 6.42 Å². The Morgan fingerprint density at radius 3 is 3.08 bits per heavy atom. The molecule has 1 rings (SSSR count). The fourth-order valence-electron chi connectivity index (χ4n) is 0.743. The highest BCUT2D eigenvalue weighted by Gasteiger charge is 2.09. The van der Waals surface area contributed by atoms with E-state index < -0.39 is 5.97 Å². The third-order valence-corrected chi connectivity index (χ3v) is 2.12. The monoisotopic (exact) mass is 202 g/mol. The van der Waals surface area contributed by atoms with Gasteiger partial charge in [-0.3, -0.25) is 4.79 Å². The minimum Gasteiger partial charge on any atom is -0.481 e. The summed E-state index contributed by atoms with van der Waals surface area (Å²) in [6.07, 6.45) is -0.205. The number of rotatable bonds is 5. The molecule has 72 valence electrons. The maximum atomic E-state index is 10.3. The fraction of sp³-hybridized carbons (Fsp3) is 0.571. The molecule has 0 aliphatic rings. The minimum atomic E-state index is -0.960. The van der Waals surface area contributed by atoms with Crippen LogP contribution >= 0.6 is 11.8 Å². The molecule has 0 unspecified atom stereocenters. The normalized spacial score (nSPS) is 10.2. The predicted molar refractivity (Wildman–Crippen MR) is 47.5 cm³/mol. The van der Waals surface area contributed by atoms with Crippen LogP contribution in [0.2, 0.25) is 0 Å². The van der Waals surface area contributed by atoms with Crippen molar-refractivity contribution in [3.63, 3.8) is 0 Å². The fourth-order valence-corrected chi connectivity index (χ4v) is 1.25. The highest BCUT2D eigenvalue weighted by molar-refractivity contribution is 7.98. The lowest BCUT2D eigenvalue weighted by atomic mass is 10.4. The van der Waals surface area contributed by atoms with Crippen LogP contribution < -0.4 is 0 Å². The number of thioether (sulfide) groups is 1. The number of carbonyl (C=O) groups is 1. The first-order valence-corrected chi connectivity index (χ1v) is 4.99. The summed E-state index contributed by atoms with van der Waals surface area (Å²) in [5.74, 6) is 1.41. The molecular formula is C7H10N2O3S. The highest BCUT2D eigenvalue weighted by Crippen LogP contribution is 2.08. The second kappa shape index (κ2) is 4.86. The van der Waals surface area contributed by atoms with E-state index in [2.05, 4.69) is 10.1 Å². The number of nitrogens with zero attached hydrogens (tertiary/aromatic N) is 2. The summed E-state index contributed by atoms with van der Waals surface area (Å²) >= 11 is 1.66. The van der Waals surface area contributed by atoms with E-state index in [1.54, 1.807) is 11.8 Å². The first kappa shape index (κ1) is 10.0. The molecule has 0 spiro atoms. The molecule has 0 aliphatic heterocycles. The van der Waals surface area contributed by atoms with Crippen LogP contribution in [0.1, 0.15) is 18.6 Å². The van der Waals surface area contributed by atoms with Crippen LogP contribution in [0, 0.1) is 0 Å². The molecule has 0 atom stereocenters. The minimum absolute atomic E-state index is 0.166. The van der Waals surface area contributed by atoms with E-state index >= 15 is 0 Å². The van der Waals surface area contributed by atoms with Crippen LogP contribution in [0.5, 0.6) is 0 Å². The molecule has 5 nitrogen and oxygen atoms in total. The summed E-state index contributed by atoms with van der Waals surface area (Å²) in [6, 6.07) is 0. The van der Waals surface area contributed by atoms with Crippen LogP contribution in [0.4, 0.5) is 0 Å². The third kappa shape index (κ3) is 3.45. The van der Waals surface area contributed by atoms with Gasteiger partial charge in [0, 0.05) is 0 Å². The van der Waals surface area contributed by atoms with Crippen LogP contribution in [0.25, 0.3) is 0 Å². The number of carboxylic acid groups (broad SMARTS) is 1. The zero-order chi connectivity index (χ0) is 9.68. The molecule has 0 radical (unpaired) electrons. The summed E-state index contributed by atoms with van der Waals surface area (Å²) < 4.78 is 4.72. The number of carboxylic acids is 1. The van der Waals surface area contributed by atoms with Gasteiger partial charge in [-0.2, -0.15) is 16.7 Å². The Morgan fingerprint density at radius 2 is 2.46 bits per heavy atom. The Bertz CT molecular complexity index is 287. The molecule has 0 saturated carbocycles. The van der Waals surface area contributed by atoms with E-state index in [1.165, 1.54) is 0 Å². The van der Waals surface area contributed by atoms with E-state index in [0.29, 0.717) is 11.6 Å². The summed E-state index contributed by atoms with van der Waals surface area (Å²) in [7, 11) is 0. The lowest BCUT2D eigenvalue weighted by Crippen LogP contribution is -2.00. The summed E-state index contributed by atoms with van der Waals surface area (Å²) in [5, 5.41) is 12.1. The SMILES string of the molecule is CCSCc1noc(CC(=O)O)n1. The molecular weight excluding hydrogens is 192 g/mol. The van der Waals surface area contributed by atoms with Crippen molar-refractivity contribution in [2.45, 2.75) is 19.1 Å². The second-order valence-corrected chi connectivity index (χ2v) is 3.59. The van der Waals surface area contributed by atoms with E-state index in [4.69, 9.17) is 9.63 Å². The topological polar surface area (TPSA) is 76.2 Å². The maximum Gasteiger partial charge on any atom is 0.312 e. The van der Waals surface area contributed by atoms with Crippen LogP contribution in [-0.4, -0.2) is 27.0 Å². The van der Waals surface area contributed by atoms with Crippen LogP contribution in [0.3, 0.4) is 0 Å². The molecule has 0 aromatic carbocycles. The van der Waals surface area contributed by atoms with Crippen molar-refractivity contribution in [2.75, 3.05) is 5.75 Å². The van der Waals surface area contributed by atoms with Gasteiger partial charge < -0.3 is 9.63 Å². The zero-order valence-corrected chi connectivity index (χ0v) is 8.00. The van der Waals surface area contributed by atoms with Gasteiger partial charge in [-0.05, 0) is 5.75 Å². The summed E-state index contributed by atoms with van der Waals surface area (Å²) in [5.41, 5.74) is 0. The Hall–Kier alpha value is -1.04. The molecule has 6 heteroatoms. The lowest BCUT2D eigenvalue weighted by Gasteiger charge is -1.88. The van der Waals surface area contributed by atoms with Gasteiger partial charge in [0.05, 0.1) is 5.75 Å². The van der Waals surface area contributed by atoms with Crippen molar-refractivity contribution in [1.82, 2.24) is 10.1 Å². The van der Waals surface area contributed by atoms with Gasteiger partial charge in [-0.1, -0.05) is 12.1 Å². The predicted octanol–water partition coefficient (Wildman–Crippen LogP) is 0.950. The average molecular weight is 202 g/mol. The smallest absolute Gasteiger partial charge is 0.312 e. The number of hydrogen-bond donors (Lipinski definition) is 1. The molecule has 1 heterocycles. The largest absolute Gasteiger partial charge is 0.481 e. The number of aromatic nitrogens is 2. The average Bonchev–Trinajstić information content (AvgIpc) is 2.48. The maximum absolute atomic E-state index is 10.3. The molecule has 13 heavy (non-hydrogen) atoms. The Balaban J connectivity index is 2.48. The van der Waals surface area contributed by atoms with E-state index in [9.17, 15) is 4.79 Å². The lowest BCUT2D eigenvalue weighted by molar-refractivity contribution is -0.136. The van der Waals surface area contributed by atoms with Gasteiger partial charge in [0.15, 0.2) is 5.82 Å². The Kier molecular flexibility index (Phi) is 3.75. The van der Waals surface area contributed by atoms with Crippen molar-refractivity contribution in [3.05, 3.63) is 11.7 Å². The number of hydrogen-bond acceptors (Lipinski definition) is 5. The Labute approximate surface area is 79.5 Å². The molecule has 0 fully saturated rings. The first-order valence-electron chi connectivity index (χ1n) is 3.83. The summed E-state index contributed by atoms with van der Waals surface area (Å²) in [4.78, 5) is 14.2. The third-order valence-electron chi connectivity index (χ3n) is 1.25. The molecule has 0 amide bonds. The quantitative estimate of drug-likeness (QED) is 0.766. The van der Waals surface area contributed by atoms with Crippen molar-refractivity contribution in [1.29, 1.82) is 0 Å². The standard InChI is InChI=1S/C7H10N2O3S/c1-2-13-4-5-8-6(12-9-5)3-7(10)11/h2-4H2,1H3,(H,10,11). The van der Waals surface area contributed by atoms with Gasteiger partial charge in [-0.15, -0.1) is 0 Å². The second-order valence-electron chi connectivity index (χ2n) is 2.31. The van der Waals surface area contributed by atoms with E-state index in [0.717, 1.165) is 5.75 Å². The molecule has 0 aliphatic carbocycles. The molecule has 1 aromatic heterocycles. The van der Waals surface area contributed by atoms with Crippen LogP contribution in [0.15, 0.2) is 4.52 Å². The van der Waals surface area contributed by atoms with Gasteiger partial charge in [-0.25, -0.2) is 0 Å². The van der Waals surface area contributed by atoms with Crippen LogP contribution in [-0.2, 0) is 17.0 Å². The van der Waals surface area contributed by atoms with Crippen molar-refractivity contribution in [2.24, 2.45) is 0 Å². The van der Waals surface area contributed by atoms with Crippen molar-refractivity contribution < 1.29 is 14.4 Å². The van der Waals surface area contributed by atoms with Gasteiger partial charge >= 0.3 is 5.97 Å². The molecule has 1 aromatic rings.